The van der Waals surface area contributed by atoms with Crippen LogP contribution in [0.3, 0.4) is 0 Å². The van der Waals surface area contributed by atoms with E-state index in [1.54, 1.807) is 0 Å². The van der Waals surface area contributed by atoms with Crippen LogP contribution in [0.15, 0.2) is 0 Å². The third kappa shape index (κ3) is 3.74. The molecule has 2 rings (SSSR count). The van der Waals surface area contributed by atoms with Crippen LogP contribution in [0.25, 0.3) is 0 Å². The number of rotatable bonds is 4. The second kappa shape index (κ2) is 7.09. The number of amides is 1. The minimum Gasteiger partial charge on any atom is -0.481 e. The Hall–Kier alpha value is -1.06. The van der Waals surface area contributed by atoms with Crippen molar-refractivity contribution < 1.29 is 14.7 Å². The summed E-state index contributed by atoms with van der Waals surface area (Å²) in [5.74, 6) is -0.399. The summed E-state index contributed by atoms with van der Waals surface area (Å²) in [5, 5.41) is 12.3. The van der Waals surface area contributed by atoms with Gasteiger partial charge >= 0.3 is 5.97 Å². The van der Waals surface area contributed by atoms with Crippen molar-refractivity contribution in [3.8, 4) is 0 Å². The predicted octanol–water partition coefficient (Wildman–Crippen LogP) is 2.82. The van der Waals surface area contributed by atoms with Crippen molar-refractivity contribution in [1.29, 1.82) is 0 Å². The van der Waals surface area contributed by atoms with Gasteiger partial charge in [0.05, 0.1) is 11.8 Å². The molecule has 0 radical (unpaired) electrons. The van der Waals surface area contributed by atoms with Gasteiger partial charge in [-0.05, 0) is 31.1 Å². The summed E-state index contributed by atoms with van der Waals surface area (Å²) in [4.78, 5) is 23.5. The minimum atomic E-state index is -0.809. The van der Waals surface area contributed by atoms with Gasteiger partial charge in [-0.2, -0.15) is 0 Å². The van der Waals surface area contributed by atoms with E-state index in [-0.39, 0.29) is 11.8 Å². The van der Waals surface area contributed by atoms with E-state index in [0.717, 1.165) is 25.8 Å². The molecule has 0 aromatic rings. The fourth-order valence-electron chi connectivity index (χ4n) is 3.80. The second-order valence-corrected chi connectivity index (χ2v) is 6.60. The van der Waals surface area contributed by atoms with Gasteiger partial charge in [-0.3, -0.25) is 9.59 Å². The first-order valence-electron chi connectivity index (χ1n) is 8.10. The molecular formula is C16H27NO3. The Morgan fingerprint density at radius 2 is 1.60 bits per heavy atom. The quantitative estimate of drug-likeness (QED) is 0.832. The van der Waals surface area contributed by atoms with Gasteiger partial charge in [0, 0.05) is 6.54 Å². The Morgan fingerprint density at radius 1 is 1.00 bits per heavy atom. The summed E-state index contributed by atoms with van der Waals surface area (Å²) in [5.41, 5.74) is 0. The lowest BCUT2D eigenvalue weighted by molar-refractivity contribution is -0.149. The number of hydrogen-bond acceptors (Lipinski definition) is 2. The van der Waals surface area contributed by atoms with Crippen molar-refractivity contribution in [3.05, 3.63) is 0 Å². The van der Waals surface area contributed by atoms with Crippen LogP contribution in [0.1, 0.15) is 58.3 Å². The van der Waals surface area contributed by atoms with E-state index in [0.29, 0.717) is 18.3 Å². The topological polar surface area (TPSA) is 66.4 Å². The fraction of sp³-hybridized carbons (Fsp3) is 0.875. The fourth-order valence-corrected chi connectivity index (χ4v) is 3.80. The molecule has 0 heterocycles. The second-order valence-electron chi connectivity index (χ2n) is 6.60. The molecule has 0 spiro atoms. The summed E-state index contributed by atoms with van der Waals surface area (Å²) in [6.07, 6.45) is 8.27. The van der Waals surface area contributed by atoms with Crippen molar-refractivity contribution in [2.24, 2.45) is 23.7 Å². The zero-order valence-corrected chi connectivity index (χ0v) is 12.4. The van der Waals surface area contributed by atoms with E-state index >= 15 is 0 Å². The SMILES string of the molecule is CC1CCCCC1CNC(=O)[C@@H]1CCCC[C@@H]1C(=O)O. The van der Waals surface area contributed by atoms with Crippen molar-refractivity contribution in [1.82, 2.24) is 5.32 Å². The van der Waals surface area contributed by atoms with Gasteiger partial charge in [0.15, 0.2) is 0 Å². The van der Waals surface area contributed by atoms with Crippen molar-refractivity contribution in [2.75, 3.05) is 6.54 Å². The van der Waals surface area contributed by atoms with E-state index in [2.05, 4.69) is 12.2 Å². The van der Waals surface area contributed by atoms with Gasteiger partial charge in [-0.15, -0.1) is 0 Å². The number of aliphatic carboxylic acids is 1. The third-order valence-electron chi connectivity index (χ3n) is 5.25. The van der Waals surface area contributed by atoms with E-state index in [4.69, 9.17) is 0 Å². The zero-order valence-electron chi connectivity index (χ0n) is 12.4. The van der Waals surface area contributed by atoms with Crippen molar-refractivity contribution >= 4 is 11.9 Å². The zero-order chi connectivity index (χ0) is 14.5. The Bertz CT molecular complexity index is 356. The molecule has 1 amide bonds. The van der Waals surface area contributed by atoms with Crippen LogP contribution >= 0.6 is 0 Å². The van der Waals surface area contributed by atoms with Crippen LogP contribution in [-0.2, 0) is 9.59 Å². The van der Waals surface area contributed by atoms with Crippen LogP contribution in [0.4, 0.5) is 0 Å². The minimum absolute atomic E-state index is 0.0325. The summed E-state index contributed by atoms with van der Waals surface area (Å²) in [6, 6.07) is 0. The summed E-state index contributed by atoms with van der Waals surface area (Å²) < 4.78 is 0. The molecule has 2 aliphatic carbocycles. The van der Waals surface area contributed by atoms with E-state index in [1.165, 1.54) is 25.7 Å². The summed E-state index contributed by atoms with van der Waals surface area (Å²) >= 11 is 0. The standard InChI is InChI=1S/C16H27NO3/c1-11-6-2-3-7-12(11)10-17-15(18)13-8-4-5-9-14(13)16(19)20/h11-14H,2-10H2,1H3,(H,17,18)(H,19,20)/t11?,12?,13-,14+/m1/s1. The maximum absolute atomic E-state index is 12.3. The first kappa shape index (κ1) is 15.3. The number of carbonyl (C=O) groups excluding carboxylic acids is 1. The molecule has 2 unspecified atom stereocenters. The maximum atomic E-state index is 12.3. The number of hydrogen-bond donors (Lipinski definition) is 2. The highest BCUT2D eigenvalue weighted by molar-refractivity contribution is 5.84. The van der Waals surface area contributed by atoms with E-state index in [9.17, 15) is 14.7 Å². The molecule has 4 atom stereocenters. The molecular weight excluding hydrogens is 254 g/mol. The normalized spacial score (nSPS) is 34.5. The smallest absolute Gasteiger partial charge is 0.307 e. The highest BCUT2D eigenvalue weighted by Crippen LogP contribution is 2.31. The lowest BCUT2D eigenvalue weighted by atomic mass is 9.78. The molecule has 2 saturated carbocycles. The average Bonchev–Trinajstić information content (AvgIpc) is 2.46. The van der Waals surface area contributed by atoms with Crippen molar-refractivity contribution in [3.63, 3.8) is 0 Å². The number of carboxylic acids is 1. The van der Waals surface area contributed by atoms with Crippen LogP contribution in [0.2, 0.25) is 0 Å². The molecule has 2 N–H and O–H groups in total. The summed E-state index contributed by atoms with van der Waals surface area (Å²) in [7, 11) is 0. The van der Waals surface area contributed by atoms with Crippen LogP contribution in [0.5, 0.6) is 0 Å². The molecule has 114 valence electrons. The number of carboxylic acid groups (broad SMARTS) is 1. The highest BCUT2D eigenvalue weighted by atomic mass is 16.4. The molecule has 4 nitrogen and oxygen atoms in total. The average molecular weight is 281 g/mol. The number of nitrogens with one attached hydrogen (secondary N) is 1. The molecule has 0 saturated heterocycles. The maximum Gasteiger partial charge on any atom is 0.307 e. The van der Waals surface area contributed by atoms with E-state index in [1.807, 2.05) is 0 Å². The highest BCUT2D eigenvalue weighted by Gasteiger charge is 2.35. The Balaban J connectivity index is 1.85. The van der Waals surface area contributed by atoms with Gasteiger partial charge < -0.3 is 10.4 Å². The molecule has 4 heteroatoms. The van der Waals surface area contributed by atoms with Gasteiger partial charge in [0.25, 0.3) is 0 Å². The van der Waals surface area contributed by atoms with Crippen LogP contribution in [-0.4, -0.2) is 23.5 Å². The monoisotopic (exact) mass is 281 g/mol. The molecule has 2 fully saturated rings. The summed E-state index contributed by atoms with van der Waals surface area (Å²) in [6.45, 7) is 2.99. The Morgan fingerprint density at radius 3 is 2.25 bits per heavy atom. The molecule has 2 aliphatic rings. The Kier molecular flexibility index (Phi) is 5.44. The van der Waals surface area contributed by atoms with Crippen molar-refractivity contribution in [2.45, 2.75) is 58.3 Å². The first-order valence-corrected chi connectivity index (χ1v) is 8.10. The largest absolute Gasteiger partial charge is 0.481 e. The van der Waals surface area contributed by atoms with Gasteiger partial charge in [0.1, 0.15) is 0 Å². The molecule has 0 bridgehead atoms. The molecule has 0 aromatic heterocycles. The predicted molar refractivity (Wildman–Crippen MR) is 77.2 cm³/mol. The lowest BCUT2D eigenvalue weighted by Crippen LogP contribution is -2.42. The van der Waals surface area contributed by atoms with Crippen LogP contribution < -0.4 is 5.32 Å². The molecule has 0 aromatic carbocycles. The van der Waals surface area contributed by atoms with Gasteiger partial charge in [-0.25, -0.2) is 0 Å². The van der Waals surface area contributed by atoms with Gasteiger partial charge in [-0.1, -0.05) is 39.0 Å². The lowest BCUT2D eigenvalue weighted by Gasteiger charge is -2.31. The van der Waals surface area contributed by atoms with Gasteiger partial charge in [0.2, 0.25) is 5.91 Å². The van der Waals surface area contributed by atoms with E-state index < -0.39 is 11.9 Å². The molecule has 0 aliphatic heterocycles. The molecule has 20 heavy (non-hydrogen) atoms. The van der Waals surface area contributed by atoms with Crippen LogP contribution in [0, 0.1) is 23.7 Å². The Labute approximate surface area is 121 Å². The first-order chi connectivity index (χ1) is 9.59. The third-order valence-corrected chi connectivity index (χ3v) is 5.25. The number of carbonyl (C=O) groups is 2.